The van der Waals surface area contributed by atoms with Gasteiger partial charge in [0.2, 0.25) is 0 Å². The van der Waals surface area contributed by atoms with Crippen LogP contribution in [0.15, 0.2) is 18.2 Å². The highest BCUT2D eigenvalue weighted by molar-refractivity contribution is 5.61. The van der Waals surface area contributed by atoms with Gasteiger partial charge in [0.25, 0.3) is 0 Å². The van der Waals surface area contributed by atoms with Gasteiger partial charge in [-0.05, 0) is 30.5 Å². The predicted molar refractivity (Wildman–Crippen MR) is 53.7 cm³/mol. The molecular formula is C10H14N2O. The van der Waals surface area contributed by atoms with Crippen molar-refractivity contribution in [3.63, 3.8) is 0 Å². The van der Waals surface area contributed by atoms with Gasteiger partial charge in [0, 0.05) is 17.4 Å². The molecule has 13 heavy (non-hydrogen) atoms. The summed E-state index contributed by atoms with van der Waals surface area (Å²) in [6, 6.07) is 6.08. The molecule has 1 aromatic rings. The van der Waals surface area contributed by atoms with Crippen LogP contribution in [-0.4, -0.2) is 17.8 Å². The summed E-state index contributed by atoms with van der Waals surface area (Å²) in [6.45, 7) is 0.189. The zero-order valence-corrected chi connectivity index (χ0v) is 7.46. The zero-order chi connectivity index (χ0) is 9.26. The summed E-state index contributed by atoms with van der Waals surface area (Å²) in [5.41, 5.74) is 8.80. The lowest BCUT2D eigenvalue weighted by Crippen LogP contribution is -2.28. The van der Waals surface area contributed by atoms with Crippen LogP contribution in [-0.2, 0) is 6.42 Å². The summed E-state index contributed by atoms with van der Waals surface area (Å²) in [6.07, 6.45) is 2.02. The number of hydrogen-bond acceptors (Lipinski definition) is 3. The van der Waals surface area contributed by atoms with Crippen molar-refractivity contribution in [2.24, 2.45) is 0 Å². The van der Waals surface area contributed by atoms with E-state index in [-0.39, 0.29) is 12.6 Å². The molecule has 2 rings (SSSR count). The lowest BCUT2D eigenvalue weighted by Gasteiger charge is -2.25. The Morgan fingerprint density at radius 3 is 3.15 bits per heavy atom. The SMILES string of the molecule is Nc1ccc2c(c1)N[C@H](CO)CC2. The van der Waals surface area contributed by atoms with Crippen LogP contribution >= 0.6 is 0 Å². The average Bonchev–Trinajstić information content (AvgIpc) is 2.16. The lowest BCUT2D eigenvalue weighted by molar-refractivity contribution is 0.267. The molecule has 1 aliphatic rings. The molecule has 1 heterocycles. The van der Waals surface area contributed by atoms with Gasteiger partial charge in [-0.3, -0.25) is 0 Å². The van der Waals surface area contributed by atoms with Crippen molar-refractivity contribution in [1.29, 1.82) is 0 Å². The largest absolute Gasteiger partial charge is 0.399 e. The number of aryl methyl sites for hydroxylation is 1. The summed E-state index contributed by atoms with van der Waals surface area (Å²) in [4.78, 5) is 0. The number of anilines is 2. The molecule has 0 spiro atoms. The summed E-state index contributed by atoms with van der Waals surface area (Å²) in [5, 5.41) is 12.2. The lowest BCUT2D eigenvalue weighted by atomic mass is 9.98. The van der Waals surface area contributed by atoms with Crippen LogP contribution in [0.3, 0.4) is 0 Å². The topological polar surface area (TPSA) is 58.3 Å². The highest BCUT2D eigenvalue weighted by Crippen LogP contribution is 2.26. The first-order valence-electron chi connectivity index (χ1n) is 4.55. The van der Waals surface area contributed by atoms with Gasteiger partial charge >= 0.3 is 0 Å². The van der Waals surface area contributed by atoms with Gasteiger partial charge in [-0.25, -0.2) is 0 Å². The van der Waals surface area contributed by atoms with E-state index >= 15 is 0 Å². The Bertz CT molecular complexity index is 312. The minimum absolute atomic E-state index is 0.189. The fourth-order valence-electron chi connectivity index (χ4n) is 1.71. The molecule has 0 amide bonds. The maximum Gasteiger partial charge on any atom is 0.0632 e. The predicted octanol–water partition coefficient (Wildman–Crippen LogP) is 0.988. The third-order valence-corrected chi connectivity index (χ3v) is 2.48. The van der Waals surface area contributed by atoms with Crippen molar-refractivity contribution in [3.8, 4) is 0 Å². The van der Waals surface area contributed by atoms with Gasteiger partial charge in [-0.1, -0.05) is 6.07 Å². The Balaban J connectivity index is 2.27. The fraction of sp³-hybridized carbons (Fsp3) is 0.400. The number of aliphatic hydroxyl groups is 1. The molecule has 4 N–H and O–H groups in total. The Hall–Kier alpha value is -1.22. The standard InChI is InChI=1S/C10H14N2O/c11-8-3-1-7-2-4-9(6-13)12-10(7)5-8/h1,3,5,9,12-13H,2,4,6,11H2/t9-/m0/s1. The third-order valence-electron chi connectivity index (χ3n) is 2.48. The van der Waals surface area contributed by atoms with E-state index in [9.17, 15) is 0 Å². The number of nitrogen functional groups attached to an aromatic ring is 1. The number of rotatable bonds is 1. The number of benzene rings is 1. The van der Waals surface area contributed by atoms with Crippen LogP contribution < -0.4 is 11.1 Å². The van der Waals surface area contributed by atoms with E-state index < -0.39 is 0 Å². The smallest absolute Gasteiger partial charge is 0.0632 e. The van der Waals surface area contributed by atoms with E-state index in [1.807, 2.05) is 18.2 Å². The molecular weight excluding hydrogens is 164 g/mol. The summed E-state index contributed by atoms with van der Waals surface area (Å²) < 4.78 is 0. The van der Waals surface area contributed by atoms with E-state index in [4.69, 9.17) is 10.8 Å². The number of fused-ring (bicyclic) bond motifs is 1. The van der Waals surface area contributed by atoms with Crippen molar-refractivity contribution in [2.45, 2.75) is 18.9 Å². The molecule has 0 saturated heterocycles. The van der Waals surface area contributed by atoms with Crippen molar-refractivity contribution in [1.82, 2.24) is 0 Å². The molecule has 1 atom stereocenters. The highest BCUT2D eigenvalue weighted by atomic mass is 16.3. The molecule has 3 nitrogen and oxygen atoms in total. The quantitative estimate of drug-likeness (QED) is 0.562. The molecule has 1 aromatic carbocycles. The molecule has 3 heteroatoms. The first-order chi connectivity index (χ1) is 6.29. The van der Waals surface area contributed by atoms with E-state index in [0.29, 0.717) is 0 Å². The van der Waals surface area contributed by atoms with Gasteiger partial charge in [-0.15, -0.1) is 0 Å². The monoisotopic (exact) mass is 178 g/mol. The van der Waals surface area contributed by atoms with Crippen LogP contribution in [0.5, 0.6) is 0 Å². The molecule has 0 saturated carbocycles. The molecule has 0 fully saturated rings. The van der Waals surface area contributed by atoms with E-state index in [1.165, 1.54) is 5.56 Å². The second-order valence-corrected chi connectivity index (χ2v) is 3.48. The third kappa shape index (κ3) is 1.60. The Labute approximate surface area is 77.6 Å². The minimum atomic E-state index is 0.189. The molecule has 0 unspecified atom stereocenters. The Kier molecular flexibility index (Phi) is 2.10. The van der Waals surface area contributed by atoms with E-state index in [0.717, 1.165) is 24.2 Å². The number of nitrogens with two attached hydrogens (primary N) is 1. The number of hydrogen-bond donors (Lipinski definition) is 3. The normalized spacial score (nSPS) is 20.5. The molecule has 70 valence electrons. The van der Waals surface area contributed by atoms with Gasteiger partial charge < -0.3 is 16.2 Å². The molecule has 0 aliphatic carbocycles. The van der Waals surface area contributed by atoms with Gasteiger partial charge in [0.1, 0.15) is 0 Å². The maximum absolute atomic E-state index is 8.99. The van der Waals surface area contributed by atoms with Crippen LogP contribution in [0.25, 0.3) is 0 Å². The van der Waals surface area contributed by atoms with Crippen molar-refractivity contribution in [2.75, 3.05) is 17.7 Å². The number of nitrogens with one attached hydrogen (secondary N) is 1. The average molecular weight is 178 g/mol. The summed E-state index contributed by atoms with van der Waals surface area (Å²) >= 11 is 0. The van der Waals surface area contributed by atoms with Crippen molar-refractivity contribution in [3.05, 3.63) is 23.8 Å². The second kappa shape index (κ2) is 3.26. The van der Waals surface area contributed by atoms with Crippen molar-refractivity contribution >= 4 is 11.4 Å². The van der Waals surface area contributed by atoms with Crippen LogP contribution in [0.4, 0.5) is 11.4 Å². The molecule has 0 aromatic heterocycles. The first-order valence-corrected chi connectivity index (χ1v) is 4.55. The zero-order valence-electron chi connectivity index (χ0n) is 7.46. The van der Waals surface area contributed by atoms with Crippen LogP contribution in [0, 0.1) is 0 Å². The van der Waals surface area contributed by atoms with Crippen LogP contribution in [0.2, 0.25) is 0 Å². The van der Waals surface area contributed by atoms with Gasteiger partial charge in [0.15, 0.2) is 0 Å². The van der Waals surface area contributed by atoms with Gasteiger partial charge in [0.05, 0.1) is 6.61 Å². The maximum atomic E-state index is 8.99. The van der Waals surface area contributed by atoms with Crippen LogP contribution in [0.1, 0.15) is 12.0 Å². The fourth-order valence-corrected chi connectivity index (χ4v) is 1.71. The van der Waals surface area contributed by atoms with E-state index in [1.54, 1.807) is 0 Å². The first kappa shape index (κ1) is 8.38. The molecule has 1 aliphatic heterocycles. The van der Waals surface area contributed by atoms with Gasteiger partial charge in [-0.2, -0.15) is 0 Å². The van der Waals surface area contributed by atoms with Crippen molar-refractivity contribution < 1.29 is 5.11 Å². The Morgan fingerprint density at radius 1 is 1.54 bits per heavy atom. The number of aliphatic hydroxyl groups excluding tert-OH is 1. The molecule has 0 radical (unpaired) electrons. The Morgan fingerprint density at radius 2 is 2.38 bits per heavy atom. The highest BCUT2D eigenvalue weighted by Gasteiger charge is 2.16. The minimum Gasteiger partial charge on any atom is -0.399 e. The van der Waals surface area contributed by atoms with E-state index in [2.05, 4.69) is 5.32 Å². The summed E-state index contributed by atoms with van der Waals surface area (Å²) in [5.74, 6) is 0. The summed E-state index contributed by atoms with van der Waals surface area (Å²) in [7, 11) is 0. The molecule has 0 bridgehead atoms. The second-order valence-electron chi connectivity index (χ2n) is 3.48.